The Balaban J connectivity index is 1.65. The highest BCUT2D eigenvalue weighted by molar-refractivity contribution is 7.15. The number of carbonyl (C=O) groups excluding carboxylic acids is 2. The van der Waals surface area contributed by atoms with Crippen LogP contribution in [0.5, 0.6) is 0 Å². The van der Waals surface area contributed by atoms with Gasteiger partial charge in [0.15, 0.2) is 0 Å². The molecule has 1 aromatic carbocycles. The largest absolute Gasteiger partial charge is 0.444 e. The van der Waals surface area contributed by atoms with Gasteiger partial charge < -0.3 is 15.0 Å². The maximum atomic E-state index is 12.7. The van der Waals surface area contributed by atoms with Crippen LogP contribution < -0.4 is 5.32 Å². The van der Waals surface area contributed by atoms with E-state index in [4.69, 9.17) is 16.3 Å². The fourth-order valence-electron chi connectivity index (χ4n) is 3.97. The maximum Gasteiger partial charge on any atom is 0.410 e. The van der Waals surface area contributed by atoms with Crippen molar-refractivity contribution in [1.82, 2.24) is 10.2 Å². The minimum Gasteiger partial charge on any atom is -0.444 e. The number of benzene rings is 1. The normalized spacial score (nSPS) is 21.6. The molecule has 2 aromatic rings. The second kappa shape index (κ2) is 7.08. The number of rotatable bonds is 1. The molecule has 1 fully saturated rings. The van der Waals surface area contributed by atoms with Gasteiger partial charge in [0.1, 0.15) is 9.94 Å². The Labute approximate surface area is 173 Å². The van der Waals surface area contributed by atoms with Crippen molar-refractivity contribution < 1.29 is 14.3 Å². The van der Waals surface area contributed by atoms with Crippen molar-refractivity contribution in [2.75, 3.05) is 19.6 Å². The number of likely N-dealkylation sites (tertiary alicyclic amines) is 1. The Morgan fingerprint density at radius 1 is 1.25 bits per heavy atom. The second-order valence-electron chi connectivity index (χ2n) is 8.37. The fourth-order valence-corrected chi connectivity index (χ4v) is 4.93. The molecule has 1 N–H and O–H groups in total. The van der Waals surface area contributed by atoms with Gasteiger partial charge in [0.2, 0.25) is 0 Å². The summed E-state index contributed by atoms with van der Waals surface area (Å²) in [5.41, 5.74) is 2.99. The van der Waals surface area contributed by atoms with Crippen LogP contribution in [-0.2, 0) is 4.74 Å². The number of hydrogen-bond acceptors (Lipinski definition) is 4. The van der Waals surface area contributed by atoms with Crippen LogP contribution in [0.2, 0.25) is 4.34 Å². The van der Waals surface area contributed by atoms with E-state index >= 15 is 0 Å². The predicted molar refractivity (Wildman–Crippen MR) is 111 cm³/mol. The Morgan fingerprint density at radius 3 is 2.71 bits per heavy atom. The molecule has 0 saturated carbocycles. The van der Waals surface area contributed by atoms with Gasteiger partial charge in [-0.1, -0.05) is 23.7 Å². The molecule has 5 nitrogen and oxygen atoms in total. The van der Waals surface area contributed by atoms with Crippen LogP contribution in [-0.4, -0.2) is 42.1 Å². The first-order valence-electron chi connectivity index (χ1n) is 9.36. The van der Waals surface area contributed by atoms with Crippen LogP contribution in [0.15, 0.2) is 29.6 Å². The molecule has 0 unspecified atom stereocenters. The number of carbonyl (C=O) groups is 2. The van der Waals surface area contributed by atoms with Crippen LogP contribution in [0.25, 0.3) is 11.1 Å². The molecule has 28 heavy (non-hydrogen) atoms. The molecule has 148 valence electrons. The van der Waals surface area contributed by atoms with Gasteiger partial charge in [0, 0.05) is 42.6 Å². The highest BCUT2D eigenvalue weighted by atomic mass is 35.5. The molecule has 3 heterocycles. The van der Waals surface area contributed by atoms with Crippen LogP contribution >= 0.6 is 22.9 Å². The van der Waals surface area contributed by atoms with E-state index in [0.717, 1.165) is 16.7 Å². The number of thiophene rings is 1. The third-order valence-electron chi connectivity index (χ3n) is 5.24. The number of nitrogens with zero attached hydrogens (tertiary/aromatic N) is 1. The van der Waals surface area contributed by atoms with Crippen LogP contribution in [0.3, 0.4) is 0 Å². The SMILES string of the molecule is CC(C)(C)OC(=O)N1C[C@H]2CNC(=O)c3cc(-c4ccsc4Cl)ccc3[C@@H]2C1. The maximum absolute atomic E-state index is 12.7. The second-order valence-corrected chi connectivity index (χ2v) is 9.89. The molecule has 0 radical (unpaired) electrons. The molecule has 2 amide bonds. The molecule has 1 saturated heterocycles. The van der Waals surface area contributed by atoms with Gasteiger partial charge >= 0.3 is 6.09 Å². The van der Waals surface area contributed by atoms with Gasteiger partial charge in [-0.25, -0.2) is 4.79 Å². The Hall–Kier alpha value is -2.05. The highest BCUT2D eigenvalue weighted by Gasteiger charge is 2.41. The number of fused-ring (bicyclic) bond motifs is 3. The van der Waals surface area contributed by atoms with E-state index in [9.17, 15) is 9.59 Å². The molecule has 4 rings (SSSR count). The number of nitrogens with one attached hydrogen (secondary N) is 1. The molecule has 0 bridgehead atoms. The molecule has 1 aromatic heterocycles. The summed E-state index contributed by atoms with van der Waals surface area (Å²) in [6.45, 7) is 7.28. The summed E-state index contributed by atoms with van der Waals surface area (Å²) in [5, 5.41) is 4.96. The topological polar surface area (TPSA) is 58.6 Å². The molecule has 7 heteroatoms. The quantitative estimate of drug-likeness (QED) is 0.726. The first kappa shape index (κ1) is 19.3. The highest BCUT2D eigenvalue weighted by Crippen LogP contribution is 2.39. The smallest absolute Gasteiger partial charge is 0.410 e. The fraction of sp³-hybridized carbons (Fsp3) is 0.429. The summed E-state index contributed by atoms with van der Waals surface area (Å²) in [4.78, 5) is 27.0. The summed E-state index contributed by atoms with van der Waals surface area (Å²) in [7, 11) is 0. The van der Waals surface area contributed by atoms with E-state index in [1.165, 1.54) is 11.3 Å². The third kappa shape index (κ3) is 3.63. The zero-order valence-corrected chi connectivity index (χ0v) is 17.7. The van der Waals surface area contributed by atoms with Crippen LogP contribution in [0.1, 0.15) is 42.6 Å². The van der Waals surface area contributed by atoms with E-state index in [2.05, 4.69) is 5.32 Å². The van der Waals surface area contributed by atoms with E-state index in [-0.39, 0.29) is 23.8 Å². The van der Waals surface area contributed by atoms with E-state index in [1.54, 1.807) is 4.90 Å². The number of hydrogen-bond donors (Lipinski definition) is 1. The summed E-state index contributed by atoms with van der Waals surface area (Å²) in [5.74, 6) is 0.211. The monoisotopic (exact) mass is 418 g/mol. The van der Waals surface area contributed by atoms with Gasteiger partial charge in [-0.15, -0.1) is 11.3 Å². The number of amides is 2. The molecule has 2 aliphatic rings. The summed E-state index contributed by atoms with van der Waals surface area (Å²) in [6.07, 6.45) is -0.296. The summed E-state index contributed by atoms with van der Waals surface area (Å²) in [6, 6.07) is 7.90. The minimum absolute atomic E-state index is 0.0681. The lowest BCUT2D eigenvalue weighted by Gasteiger charge is -2.24. The van der Waals surface area contributed by atoms with Gasteiger partial charge in [-0.2, -0.15) is 0 Å². The molecule has 0 aliphatic carbocycles. The van der Waals surface area contributed by atoms with Crippen molar-refractivity contribution in [2.45, 2.75) is 32.3 Å². The average Bonchev–Trinajstić information content (AvgIpc) is 3.21. The molecule has 2 aliphatic heterocycles. The van der Waals surface area contributed by atoms with Crippen molar-refractivity contribution in [3.63, 3.8) is 0 Å². The number of ether oxygens (including phenoxy) is 1. The summed E-state index contributed by atoms with van der Waals surface area (Å²) < 4.78 is 6.25. The first-order chi connectivity index (χ1) is 13.2. The molecular weight excluding hydrogens is 396 g/mol. The van der Waals surface area contributed by atoms with Crippen molar-refractivity contribution in [1.29, 1.82) is 0 Å². The third-order valence-corrected chi connectivity index (χ3v) is 6.41. The van der Waals surface area contributed by atoms with Gasteiger partial charge in [0.05, 0.1) is 0 Å². The van der Waals surface area contributed by atoms with E-state index in [0.29, 0.717) is 29.5 Å². The van der Waals surface area contributed by atoms with E-state index < -0.39 is 5.60 Å². The van der Waals surface area contributed by atoms with Crippen molar-refractivity contribution in [2.24, 2.45) is 5.92 Å². The predicted octanol–water partition coefficient (Wildman–Crippen LogP) is 4.76. The van der Waals surface area contributed by atoms with Gasteiger partial charge in [-0.05, 0) is 49.4 Å². The van der Waals surface area contributed by atoms with Crippen molar-refractivity contribution >= 4 is 34.9 Å². The first-order valence-corrected chi connectivity index (χ1v) is 10.6. The van der Waals surface area contributed by atoms with Gasteiger partial charge in [-0.3, -0.25) is 4.79 Å². The Kier molecular flexibility index (Phi) is 4.88. The number of halogens is 1. The van der Waals surface area contributed by atoms with Crippen LogP contribution in [0, 0.1) is 5.92 Å². The Morgan fingerprint density at radius 2 is 2.04 bits per heavy atom. The Bertz CT molecular complexity index is 934. The molecule has 0 spiro atoms. The van der Waals surface area contributed by atoms with Crippen molar-refractivity contribution in [3.05, 3.63) is 45.1 Å². The molecule has 2 atom stereocenters. The summed E-state index contributed by atoms with van der Waals surface area (Å²) >= 11 is 7.75. The lowest BCUT2D eigenvalue weighted by atomic mass is 9.86. The van der Waals surface area contributed by atoms with Gasteiger partial charge in [0.25, 0.3) is 5.91 Å². The lowest BCUT2D eigenvalue weighted by Crippen LogP contribution is -2.36. The zero-order valence-electron chi connectivity index (χ0n) is 16.1. The minimum atomic E-state index is -0.525. The lowest BCUT2D eigenvalue weighted by molar-refractivity contribution is 0.0287. The standard InChI is InChI=1S/C21H23ClN2O3S/c1-21(2,3)27-20(26)24-10-13-9-23-19(25)16-8-12(14-6-7-28-18(14)22)4-5-15(16)17(13)11-24/h4-8,13,17H,9-11H2,1-3H3,(H,23,25)/t13-,17-/m1/s1. The molecular formula is C21H23ClN2O3S. The van der Waals surface area contributed by atoms with Crippen molar-refractivity contribution in [3.8, 4) is 11.1 Å². The average molecular weight is 419 g/mol. The van der Waals surface area contributed by atoms with E-state index in [1.807, 2.05) is 50.4 Å². The zero-order chi connectivity index (χ0) is 20.1. The van der Waals surface area contributed by atoms with Crippen LogP contribution in [0.4, 0.5) is 4.79 Å².